The normalized spacial score (nSPS) is 11.8. The molecule has 1 aromatic heterocycles. The SMILES string of the molecule is CC(=O)N[C@@H](C)c1ccc(Cc2cncc(C(=O)I)c2)cc1. The van der Waals surface area contributed by atoms with E-state index in [-0.39, 0.29) is 15.7 Å². The van der Waals surface area contributed by atoms with Gasteiger partial charge >= 0.3 is 0 Å². The molecule has 0 unspecified atom stereocenters. The molecule has 114 valence electrons. The Balaban J connectivity index is 2.09. The van der Waals surface area contributed by atoms with Crippen LogP contribution in [-0.2, 0) is 11.2 Å². The summed E-state index contributed by atoms with van der Waals surface area (Å²) in [4.78, 5) is 26.6. The zero-order valence-corrected chi connectivity index (χ0v) is 14.6. The molecule has 2 rings (SSSR count). The average molecular weight is 408 g/mol. The number of rotatable bonds is 5. The van der Waals surface area contributed by atoms with Crippen molar-refractivity contribution in [2.75, 3.05) is 0 Å². The predicted molar refractivity (Wildman–Crippen MR) is 94.1 cm³/mol. The van der Waals surface area contributed by atoms with Crippen LogP contribution in [0.25, 0.3) is 0 Å². The van der Waals surface area contributed by atoms with E-state index in [1.54, 1.807) is 35.0 Å². The van der Waals surface area contributed by atoms with E-state index >= 15 is 0 Å². The highest BCUT2D eigenvalue weighted by molar-refractivity contribution is 14.1. The predicted octanol–water partition coefficient (Wildman–Crippen LogP) is 3.44. The van der Waals surface area contributed by atoms with Crippen molar-refractivity contribution >= 4 is 32.3 Å². The van der Waals surface area contributed by atoms with Gasteiger partial charge in [-0.15, -0.1) is 0 Å². The molecule has 0 aliphatic carbocycles. The lowest BCUT2D eigenvalue weighted by Crippen LogP contribution is -2.23. The van der Waals surface area contributed by atoms with Crippen molar-refractivity contribution in [3.05, 3.63) is 65.0 Å². The lowest BCUT2D eigenvalue weighted by molar-refractivity contribution is -0.119. The number of carbonyl (C=O) groups excluding carboxylic acids is 2. The molecule has 0 radical (unpaired) electrons. The van der Waals surface area contributed by atoms with E-state index in [1.165, 1.54) is 6.92 Å². The van der Waals surface area contributed by atoms with Crippen LogP contribution in [-0.4, -0.2) is 14.7 Å². The van der Waals surface area contributed by atoms with Gasteiger partial charge in [0, 0.05) is 47.5 Å². The van der Waals surface area contributed by atoms with Crippen LogP contribution in [0, 0.1) is 0 Å². The smallest absolute Gasteiger partial charge is 0.223 e. The van der Waals surface area contributed by atoms with Gasteiger partial charge in [0.05, 0.1) is 6.04 Å². The number of nitrogens with zero attached hydrogens (tertiary/aromatic N) is 1. The molecule has 1 aromatic carbocycles. The molecule has 22 heavy (non-hydrogen) atoms. The van der Waals surface area contributed by atoms with Crippen molar-refractivity contribution in [3.8, 4) is 0 Å². The minimum absolute atomic E-state index is 0.00631. The van der Waals surface area contributed by atoms with Gasteiger partial charge in [-0.1, -0.05) is 24.3 Å². The Morgan fingerprint density at radius 3 is 2.45 bits per heavy atom. The largest absolute Gasteiger partial charge is 0.350 e. The molecule has 0 saturated carbocycles. The third kappa shape index (κ3) is 4.62. The number of hydrogen-bond acceptors (Lipinski definition) is 3. The maximum absolute atomic E-state index is 11.4. The number of nitrogens with one attached hydrogen (secondary N) is 1. The summed E-state index contributed by atoms with van der Waals surface area (Å²) in [5.74, 6) is -0.0390. The fourth-order valence-electron chi connectivity index (χ4n) is 2.24. The lowest BCUT2D eigenvalue weighted by atomic mass is 10.0. The van der Waals surface area contributed by atoms with E-state index in [1.807, 2.05) is 37.3 Å². The Labute approximate surface area is 143 Å². The molecule has 4 nitrogen and oxygen atoms in total. The van der Waals surface area contributed by atoms with Crippen molar-refractivity contribution in [2.45, 2.75) is 26.3 Å². The maximum atomic E-state index is 11.4. The number of pyridine rings is 1. The number of halogens is 1. The molecule has 0 bridgehead atoms. The van der Waals surface area contributed by atoms with E-state index < -0.39 is 0 Å². The second kappa shape index (κ2) is 7.49. The van der Waals surface area contributed by atoms with Crippen molar-refractivity contribution in [3.63, 3.8) is 0 Å². The first-order chi connectivity index (χ1) is 10.5. The fourth-order valence-corrected chi connectivity index (χ4v) is 2.53. The molecule has 2 aromatic rings. The number of benzene rings is 1. The summed E-state index contributed by atoms with van der Waals surface area (Å²) in [6.07, 6.45) is 4.08. The summed E-state index contributed by atoms with van der Waals surface area (Å²) < 4.78 is -0.00794. The van der Waals surface area contributed by atoms with Gasteiger partial charge in [0.1, 0.15) is 0 Å². The van der Waals surface area contributed by atoms with Gasteiger partial charge in [0.15, 0.2) is 0 Å². The highest BCUT2D eigenvalue weighted by Crippen LogP contribution is 2.16. The summed E-state index contributed by atoms with van der Waals surface area (Å²) in [5.41, 5.74) is 3.83. The van der Waals surface area contributed by atoms with Crippen LogP contribution in [0.2, 0.25) is 0 Å². The molecule has 0 saturated heterocycles. The highest BCUT2D eigenvalue weighted by Gasteiger charge is 2.07. The van der Waals surface area contributed by atoms with Crippen LogP contribution in [0.15, 0.2) is 42.7 Å². The minimum atomic E-state index is -0.0390. The maximum Gasteiger partial charge on any atom is 0.223 e. The van der Waals surface area contributed by atoms with Gasteiger partial charge in [0.25, 0.3) is 0 Å². The van der Waals surface area contributed by atoms with E-state index in [4.69, 9.17) is 0 Å². The molecule has 1 heterocycles. The first kappa shape index (κ1) is 16.6. The van der Waals surface area contributed by atoms with E-state index in [2.05, 4.69) is 10.3 Å². The zero-order chi connectivity index (χ0) is 16.1. The first-order valence-electron chi connectivity index (χ1n) is 6.95. The van der Waals surface area contributed by atoms with Crippen molar-refractivity contribution in [1.82, 2.24) is 10.3 Å². The van der Waals surface area contributed by atoms with Crippen LogP contribution < -0.4 is 5.32 Å². The van der Waals surface area contributed by atoms with Gasteiger partial charge in [-0.2, -0.15) is 0 Å². The van der Waals surface area contributed by atoms with Crippen molar-refractivity contribution < 1.29 is 9.59 Å². The molecule has 1 atom stereocenters. The van der Waals surface area contributed by atoms with Crippen LogP contribution in [0.5, 0.6) is 0 Å². The van der Waals surface area contributed by atoms with E-state index in [0.29, 0.717) is 5.56 Å². The molecule has 0 fully saturated rings. The molecule has 1 N–H and O–H groups in total. The third-order valence-electron chi connectivity index (χ3n) is 3.33. The number of amides is 1. The first-order valence-corrected chi connectivity index (χ1v) is 8.03. The topological polar surface area (TPSA) is 59.1 Å². The lowest BCUT2D eigenvalue weighted by Gasteiger charge is -2.13. The summed E-state index contributed by atoms with van der Waals surface area (Å²) in [7, 11) is 0. The van der Waals surface area contributed by atoms with Crippen LogP contribution >= 0.6 is 22.6 Å². The second-order valence-electron chi connectivity index (χ2n) is 5.20. The Hall–Kier alpha value is -1.76. The average Bonchev–Trinajstić information content (AvgIpc) is 2.47. The monoisotopic (exact) mass is 408 g/mol. The Morgan fingerprint density at radius 1 is 1.18 bits per heavy atom. The molecular formula is C17H17IN2O2. The molecule has 0 aliphatic heterocycles. The van der Waals surface area contributed by atoms with Crippen molar-refractivity contribution in [2.24, 2.45) is 0 Å². The molecule has 0 spiro atoms. The standard InChI is InChI=1S/C17H17IN2O2/c1-11(20-12(2)21)15-5-3-13(4-6-15)7-14-8-16(17(18)22)10-19-9-14/h3-6,8-11H,7H2,1-2H3,(H,20,21)/t11-/m0/s1. The summed E-state index contributed by atoms with van der Waals surface area (Å²) >= 11 is 1.76. The van der Waals surface area contributed by atoms with Gasteiger partial charge in [-0.05, 0) is 36.1 Å². The Bertz CT molecular complexity index is 683. The Kier molecular flexibility index (Phi) is 5.65. The number of hydrogen-bond donors (Lipinski definition) is 1. The van der Waals surface area contributed by atoms with E-state index in [0.717, 1.165) is 23.1 Å². The summed E-state index contributed by atoms with van der Waals surface area (Å²) in [6, 6.07) is 9.95. The van der Waals surface area contributed by atoms with Gasteiger partial charge in [0.2, 0.25) is 9.70 Å². The third-order valence-corrected chi connectivity index (χ3v) is 3.95. The van der Waals surface area contributed by atoms with Crippen LogP contribution in [0.3, 0.4) is 0 Å². The van der Waals surface area contributed by atoms with Crippen molar-refractivity contribution in [1.29, 1.82) is 0 Å². The molecule has 0 aliphatic rings. The number of carbonyl (C=O) groups is 2. The quantitative estimate of drug-likeness (QED) is 0.609. The fraction of sp³-hybridized carbons (Fsp3) is 0.235. The zero-order valence-electron chi connectivity index (χ0n) is 12.5. The van der Waals surface area contributed by atoms with Crippen LogP contribution in [0.4, 0.5) is 0 Å². The summed E-state index contributed by atoms with van der Waals surface area (Å²) in [6.45, 7) is 3.47. The Morgan fingerprint density at radius 2 is 1.86 bits per heavy atom. The number of aromatic nitrogens is 1. The minimum Gasteiger partial charge on any atom is -0.350 e. The highest BCUT2D eigenvalue weighted by atomic mass is 127. The summed E-state index contributed by atoms with van der Waals surface area (Å²) in [5, 5.41) is 2.86. The van der Waals surface area contributed by atoms with Gasteiger partial charge in [-0.25, -0.2) is 0 Å². The van der Waals surface area contributed by atoms with Gasteiger partial charge in [-0.3, -0.25) is 14.6 Å². The van der Waals surface area contributed by atoms with E-state index in [9.17, 15) is 9.59 Å². The molecular weight excluding hydrogens is 391 g/mol. The molecule has 1 amide bonds. The molecule has 5 heteroatoms. The van der Waals surface area contributed by atoms with Gasteiger partial charge < -0.3 is 5.32 Å². The van der Waals surface area contributed by atoms with Crippen LogP contribution in [0.1, 0.15) is 46.9 Å². The second-order valence-corrected chi connectivity index (χ2v) is 6.18.